The Morgan fingerprint density at radius 1 is 0.358 bits per heavy atom. The van der Waals surface area contributed by atoms with Gasteiger partial charge in [0.05, 0.1) is 11.4 Å². The van der Waals surface area contributed by atoms with Crippen LogP contribution in [0.25, 0.3) is 66.9 Å². The van der Waals surface area contributed by atoms with Crippen LogP contribution in [0.15, 0.2) is 303 Å². The minimum atomic E-state index is -0.819. The van der Waals surface area contributed by atoms with Crippen molar-refractivity contribution >= 4 is 45.3 Å². The van der Waals surface area contributed by atoms with Gasteiger partial charge in [-0.3, -0.25) is 0 Å². The van der Waals surface area contributed by atoms with Gasteiger partial charge in [0.2, 0.25) is 0 Å². The standard InChI is InChI=1S/C88H71N5O.Pt/c1-59-52-84(89-57-73(59)64-44-42-61(43-45-64)60-26-12-8-13-27-60)93-78-39-21-20-38-74(78)88(75-49-46-65(86(2,3)4)53-81(75)92(67-32-18-11-19-33-67)82-54-66(87(5,6)7)47-50-76(82)88)77-51-48-70(56-83(77)93)94-69-35-24-34-68(55-69)90-58-91(80-41-23-22-40-79(80)90)85-71(62-28-14-9-15-29-62)36-25-37-72(85)63-30-16-10-17-31-63;/h8-57H,1-7H3;. The summed E-state index contributed by atoms with van der Waals surface area (Å²) in [4.78, 5) is 10.4. The van der Waals surface area contributed by atoms with Crippen LogP contribution in [0.4, 0.5) is 34.3 Å². The third kappa shape index (κ3) is 10.1. The number of pyridine rings is 1. The van der Waals surface area contributed by atoms with E-state index in [1.807, 2.05) is 0 Å². The Balaban J connectivity index is 0.892. The molecule has 0 radical (unpaired) electrons. The molecule has 464 valence electrons. The Kier molecular flexibility index (Phi) is 14.6. The quantitative estimate of drug-likeness (QED) is 0.137. The van der Waals surface area contributed by atoms with E-state index in [0.717, 1.165) is 105 Å². The van der Waals surface area contributed by atoms with E-state index in [0.29, 0.717) is 11.5 Å². The summed E-state index contributed by atoms with van der Waals surface area (Å²) in [6.07, 6.45) is 2.06. The molecule has 0 fully saturated rings. The average Bonchev–Trinajstić information content (AvgIpc) is 1.23. The molecule has 16 rings (SSSR count). The molecule has 0 unspecified atom stereocenters. The molecule has 0 bridgehead atoms. The van der Waals surface area contributed by atoms with E-state index in [9.17, 15) is 0 Å². The molecule has 95 heavy (non-hydrogen) atoms. The van der Waals surface area contributed by atoms with Crippen molar-refractivity contribution < 1.29 is 24.1 Å². The fourth-order valence-electron chi connectivity index (χ4n) is 14.6. The smallest absolute Gasteiger partial charge is 0.0622 e. The summed E-state index contributed by atoms with van der Waals surface area (Å²) in [6, 6.07) is 108. The Morgan fingerprint density at radius 2 is 0.811 bits per heavy atom. The Bertz CT molecular complexity index is 5210. The van der Waals surface area contributed by atoms with E-state index >= 15 is 0 Å². The monoisotopic (exact) mass is 1410 g/mol. The van der Waals surface area contributed by atoms with Crippen LogP contribution in [0, 0.1) is 10.7 Å². The van der Waals surface area contributed by atoms with Gasteiger partial charge in [0.25, 0.3) is 0 Å². The van der Waals surface area contributed by atoms with E-state index < -0.39 is 5.41 Å². The summed E-state index contributed by atoms with van der Waals surface area (Å²) in [5.41, 5.74) is 26.1. The first-order valence-corrected chi connectivity index (χ1v) is 33.9. The number of benzene rings is 12. The van der Waals surface area contributed by atoms with Gasteiger partial charge in [-0.1, -0.05) is 157 Å². The van der Waals surface area contributed by atoms with Crippen LogP contribution in [-0.4, -0.2) is 14.1 Å². The van der Waals surface area contributed by atoms with Crippen molar-refractivity contribution in [3.63, 3.8) is 0 Å². The van der Waals surface area contributed by atoms with Gasteiger partial charge < -0.3 is 4.90 Å². The van der Waals surface area contributed by atoms with E-state index in [1.54, 1.807) is 0 Å². The number of anilines is 6. The summed E-state index contributed by atoms with van der Waals surface area (Å²) < 4.78 is 13.2. The predicted octanol–water partition coefficient (Wildman–Crippen LogP) is 23.2. The van der Waals surface area contributed by atoms with Crippen LogP contribution in [0.1, 0.15) is 80.5 Å². The van der Waals surface area contributed by atoms with E-state index in [1.165, 1.54) is 38.9 Å². The molecule has 14 aromatic rings. The van der Waals surface area contributed by atoms with Crippen molar-refractivity contribution in [1.29, 1.82) is 0 Å². The number of aromatic nitrogens is 3. The molecule has 2 aromatic heterocycles. The second-order valence-corrected chi connectivity index (χ2v) is 28.2. The molecule has 0 atom stereocenters. The molecule has 0 saturated heterocycles. The summed E-state index contributed by atoms with van der Waals surface area (Å²) in [5.74, 6) is 2.23. The number of para-hydroxylation sites is 5. The van der Waals surface area contributed by atoms with Gasteiger partial charge in [-0.15, -0.1) is 0 Å². The third-order valence-corrected chi connectivity index (χ3v) is 20.3. The molecular formula is C88H71N5OPt. The van der Waals surface area contributed by atoms with E-state index in [2.05, 4.69) is 390 Å². The predicted molar refractivity (Wildman–Crippen MR) is 389 cm³/mol. The second kappa shape index (κ2) is 23.4. The first-order chi connectivity index (χ1) is 46.2. The third-order valence-electron chi connectivity index (χ3n) is 19.3. The zero-order valence-electron chi connectivity index (χ0n) is 54.3. The van der Waals surface area contributed by atoms with Crippen molar-refractivity contribution in [3.05, 3.63) is 346 Å². The minimum absolute atomic E-state index is 0.131. The summed E-state index contributed by atoms with van der Waals surface area (Å²) >= 11 is 2.53. The van der Waals surface area contributed by atoms with Crippen molar-refractivity contribution in [3.8, 4) is 67.4 Å². The molecule has 1 spiro atoms. The van der Waals surface area contributed by atoms with Gasteiger partial charge in [-0.25, -0.2) is 0 Å². The Hall–Kier alpha value is -10.7. The van der Waals surface area contributed by atoms with Crippen LogP contribution in [0.3, 0.4) is 0 Å². The number of hydrogen-bond acceptors (Lipinski definition) is 4. The van der Waals surface area contributed by atoms with Crippen LogP contribution in [-0.2, 0) is 35.6 Å². The normalized spacial score (nSPS) is 13.1. The van der Waals surface area contributed by atoms with Gasteiger partial charge in [-0.2, -0.15) is 0 Å². The molecule has 4 heterocycles. The van der Waals surface area contributed by atoms with Crippen molar-refractivity contribution in [2.45, 2.75) is 64.7 Å². The second-order valence-electron chi connectivity index (χ2n) is 27.2. The Labute approximate surface area is 567 Å². The number of nitrogens with zero attached hydrogens (tertiary/aromatic N) is 5. The zero-order valence-corrected chi connectivity index (χ0v) is 56.6. The van der Waals surface area contributed by atoms with Gasteiger partial charge in [0.15, 0.2) is 0 Å². The first-order valence-electron chi connectivity index (χ1n) is 32.7. The molecule has 12 aromatic carbocycles. The number of ether oxygens (including phenoxy) is 1. The molecule has 7 heteroatoms. The number of imidazole rings is 1. The molecular weight excluding hydrogens is 1340 g/mol. The molecule has 2 aliphatic rings. The van der Waals surface area contributed by atoms with Crippen LogP contribution < -0.4 is 14.5 Å². The van der Waals surface area contributed by atoms with Gasteiger partial charge in [0, 0.05) is 17.4 Å². The number of fused-ring (bicyclic) bond motifs is 9. The van der Waals surface area contributed by atoms with Gasteiger partial charge >= 0.3 is 306 Å². The van der Waals surface area contributed by atoms with Gasteiger partial charge in [0.1, 0.15) is 0 Å². The number of hydrogen-bond donors (Lipinski definition) is 0. The molecule has 0 saturated carbocycles. The molecule has 0 aliphatic carbocycles. The van der Waals surface area contributed by atoms with Crippen molar-refractivity contribution in [2.24, 2.45) is 0 Å². The molecule has 0 N–H and O–H groups in total. The fourth-order valence-corrected chi connectivity index (χ4v) is 15.7. The average molecular weight is 1410 g/mol. The zero-order chi connectivity index (χ0) is 64.7. The van der Waals surface area contributed by atoms with Crippen LogP contribution >= 0.6 is 0 Å². The number of aryl methyl sites for hydroxylation is 1. The summed E-state index contributed by atoms with van der Waals surface area (Å²) in [5, 5.41) is 0. The molecule has 0 amide bonds. The van der Waals surface area contributed by atoms with Gasteiger partial charge in [-0.05, 0) is 75.4 Å². The molecule has 6 nitrogen and oxygen atoms in total. The van der Waals surface area contributed by atoms with E-state index in [-0.39, 0.29) is 10.8 Å². The van der Waals surface area contributed by atoms with E-state index in [4.69, 9.17) is 9.72 Å². The SMILES string of the molecule is Cc1cc(N2c3ccccc3C3(c4ccc(C(C)(C)C)cc4N(c4ccccc4)c4cc(C(C)(C)C)ccc43)c3ccc(Oc4cccc(-n5[c](=[Pt])n(-c6c(-c7ccccc7)cccc6-c6ccccc6)c6ccccc65)c4)cc32)ncc1-c1ccc(-c2ccccc2)cc1. The summed E-state index contributed by atoms with van der Waals surface area (Å²) in [6.45, 7) is 16.1. The minimum Gasteiger partial charge on any atom is -0.0622 e. The maximum atomic E-state index is 7.34. The molecule has 2 aliphatic heterocycles. The Morgan fingerprint density at radius 3 is 1.40 bits per heavy atom. The van der Waals surface area contributed by atoms with Crippen molar-refractivity contribution in [2.75, 3.05) is 9.80 Å². The maximum absolute atomic E-state index is 7.34. The number of rotatable bonds is 10. The summed E-state index contributed by atoms with van der Waals surface area (Å²) in [7, 11) is 0. The van der Waals surface area contributed by atoms with Crippen molar-refractivity contribution in [1.82, 2.24) is 14.1 Å². The van der Waals surface area contributed by atoms with Crippen LogP contribution in [0.2, 0.25) is 0 Å². The first kappa shape index (κ1) is 59.4. The fraction of sp³-hybridized carbons (Fsp3) is 0.114. The van der Waals surface area contributed by atoms with Crippen LogP contribution in [0.5, 0.6) is 11.5 Å². The topological polar surface area (TPSA) is 38.5 Å².